The topological polar surface area (TPSA) is 40.6 Å². The summed E-state index contributed by atoms with van der Waals surface area (Å²) in [6, 6.07) is 6.72. The van der Waals surface area contributed by atoms with Gasteiger partial charge in [0.1, 0.15) is 5.82 Å². The van der Waals surface area contributed by atoms with Crippen molar-refractivity contribution < 1.29 is 14.0 Å². The van der Waals surface area contributed by atoms with E-state index in [1.165, 1.54) is 25.0 Å². The maximum absolute atomic E-state index is 13.0. The number of hydrogen-bond acceptors (Lipinski definition) is 2. The molecule has 1 aromatic rings. The van der Waals surface area contributed by atoms with E-state index in [9.17, 15) is 14.0 Å². The molecule has 3 aliphatic rings. The van der Waals surface area contributed by atoms with Crippen molar-refractivity contribution in [3.8, 4) is 0 Å². The molecule has 4 rings (SSSR count). The molecule has 2 heterocycles. The number of piperidine rings is 1. The maximum Gasteiger partial charge on any atom is 0.242 e. The first-order valence-corrected chi connectivity index (χ1v) is 10.2. The van der Waals surface area contributed by atoms with Crippen LogP contribution in [0.3, 0.4) is 0 Å². The summed E-state index contributed by atoms with van der Waals surface area (Å²) in [5.74, 6) is 1.23. The standard InChI is InChI=1S/C22H29FN2O2/c1-22(18-4-5-18)13-20(26)25(15-22)14-21(27)24-10-8-17(9-11-24)12-16-2-6-19(23)7-3-16/h2-3,6-7,17-18H,4-5,8-15H2,1H3/t22-/m1/s1. The molecule has 0 unspecified atom stereocenters. The van der Waals surface area contributed by atoms with E-state index < -0.39 is 0 Å². The lowest BCUT2D eigenvalue weighted by molar-refractivity contribution is -0.139. The minimum atomic E-state index is -0.201. The zero-order valence-electron chi connectivity index (χ0n) is 16.1. The lowest BCUT2D eigenvalue weighted by Crippen LogP contribution is -2.45. The lowest BCUT2D eigenvalue weighted by Gasteiger charge is -2.33. The van der Waals surface area contributed by atoms with E-state index in [4.69, 9.17) is 0 Å². The highest BCUT2D eigenvalue weighted by atomic mass is 19.1. The minimum absolute atomic E-state index is 0.0829. The van der Waals surface area contributed by atoms with Gasteiger partial charge in [-0.2, -0.15) is 0 Å². The maximum atomic E-state index is 13.0. The number of halogens is 1. The van der Waals surface area contributed by atoms with Gasteiger partial charge < -0.3 is 9.80 Å². The summed E-state index contributed by atoms with van der Waals surface area (Å²) in [5, 5.41) is 0. The fourth-order valence-electron chi connectivity index (χ4n) is 4.84. The van der Waals surface area contributed by atoms with Crippen LogP contribution in [0.5, 0.6) is 0 Å². The molecule has 1 aromatic carbocycles. The first-order chi connectivity index (χ1) is 12.9. The van der Waals surface area contributed by atoms with Crippen LogP contribution < -0.4 is 0 Å². The molecule has 5 heteroatoms. The molecule has 0 N–H and O–H groups in total. The molecule has 0 spiro atoms. The van der Waals surface area contributed by atoms with Gasteiger partial charge in [-0.1, -0.05) is 19.1 Å². The van der Waals surface area contributed by atoms with Gasteiger partial charge >= 0.3 is 0 Å². The van der Waals surface area contributed by atoms with Gasteiger partial charge in [-0.3, -0.25) is 9.59 Å². The third-order valence-electron chi connectivity index (χ3n) is 6.75. The van der Waals surface area contributed by atoms with Crippen LogP contribution in [0.25, 0.3) is 0 Å². The van der Waals surface area contributed by atoms with Crippen LogP contribution in [0.15, 0.2) is 24.3 Å². The molecule has 1 aliphatic carbocycles. The molecular weight excluding hydrogens is 343 g/mol. The Morgan fingerprint density at radius 2 is 1.81 bits per heavy atom. The quantitative estimate of drug-likeness (QED) is 0.796. The zero-order chi connectivity index (χ0) is 19.0. The van der Waals surface area contributed by atoms with Gasteiger partial charge in [0.15, 0.2) is 0 Å². The van der Waals surface area contributed by atoms with Crippen molar-refractivity contribution in [2.24, 2.45) is 17.3 Å². The number of carbonyl (C=O) groups excluding carboxylic acids is 2. The Labute approximate surface area is 160 Å². The lowest BCUT2D eigenvalue weighted by atomic mass is 9.84. The largest absolute Gasteiger partial charge is 0.341 e. The number of likely N-dealkylation sites (tertiary alicyclic amines) is 2. The van der Waals surface area contributed by atoms with Crippen molar-refractivity contribution in [1.82, 2.24) is 9.80 Å². The van der Waals surface area contributed by atoms with Crippen LogP contribution in [0.4, 0.5) is 4.39 Å². The van der Waals surface area contributed by atoms with Crippen molar-refractivity contribution in [2.75, 3.05) is 26.2 Å². The summed E-state index contributed by atoms with van der Waals surface area (Å²) in [6.45, 7) is 4.69. The molecule has 0 bridgehead atoms. The Bertz CT molecular complexity index is 708. The van der Waals surface area contributed by atoms with E-state index in [1.807, 2.05) is 17.0 Å². The van der Waals surface area contributed by atoms with Crippen molar-refractivity contribution in [3.63, 3.8) is 0 Å². The highest BCUT2D eigenvalue weighted by Gasteiger charge is 2.49. The zero-order valence-corrected chi connectivity index (χ0v) is 16.1. The Hall–Kier alpha value is -1.91. The van der Waals surface area contributed by atoms with Gasteiger partial charge in [0.2, 0.25) is 11.8 Å². The number of carbonyl (C=O) groups is 2. The molecule has 1 saturated carbocycles. The first kappa shape index (κ1) is 18.5. The number of nitrogens with zero attached hydrogens (tertiary/aromatic N) is 2. The number of rotatable bonds is 5. The van der Waals surface area contributed by atoms with E-state index in [2.05, 4.69) is 6.92 Å². The normalized spacial score (nSPS) is 26.7. The summed E-state index contributed by atoms with van der Waals surface area (Å²) in [6.07, 6.45) is 5.94. The Balaban J connectivity index is 1.25. The number of amides is 2. The second-order valence-corrected chi connectivity index (χ2v) is 9.01. The van der Waals surface area contributed by atoms with Gasteiger partial charge in [0.05, 0.1) is 6.54 Å². The average Bonchev–Trinajstić information content (AvgIpc) is 3.45. The van der Waals surface area contributed by atoms with Crippen LogP contribution in [0, 0.1) is 23.1 Å². The van der Waals surface area contributed by atoms with Crippen molar-refractivity contribution in [2.45, 2.75) is 45.4 Å². The van der Waals surface area contributed by atoms with Crippen molar-refractivity contribution >= 4 is 11.8 Å². The summed E-state index contributed by atoms with van der Waals surface area (Å²) < 4.78 is 13.0. The molecule has 3 fully saturated rings. The third-order valence-corrected chi connectivity index (χ3v) is 6.75. The Morgan fingerprint density at radius 1 is 1.15 bits per heavy atom. The van der Waals surface area contributed by atoms with Crippen LogP contribution in [0.2, 0.25) is 0 Å². The second kappa shape index (κ2) is 7.25. The van der Waals surface area contributed by atoms with Crippen LogP contribution >= 0.6 is 0 Å². The highest BCUT2D eigenvalue weighted by molar-refractivity contribution is 5.86. The van der Waals surface area contributed by atoms with Gasteiger partial charge in [0, 0.05) is 26.1 Å². The van der Waals surface area contributed by atoms with E-state index >= 15 is 0 Å². The molecule has 0 radical (unpaired) electrons. The van der Waals surface area contributed by atoms with E-state index in [0.717, 1.165) is 44.5 Å². The predicted molar refractivity (Wildman–Crippen MR) is 101 cm³/mol. The molecule has 2 amide bonds. The summed E-state index contributed by atoms with van der Waals surface area (Å²) in [4.78, 5) is 28.7. The second-order valence-electron chi connectivity index (χ2n) is 9.01. The van der Waals surface area contributed by atoms with Gasteiger partial charge in [-0.05, 0) is 67.1 Å². The molecule has 2 aliphatic heterocycles. The van der Waals surface area contributed by atoms with Crippen molar-refractivity contribution in [3.05, 3.63) is 35.6 Å². The fourth-order valence-corrected chi connectivity index (χ4v) is 4.84. The van der Waals surface area contributed by atoms with Crippen LogP contribution in [0.1, 0.15) is 44.6 Å². The summed E-state index contributed by atoms with van der Waals surface area (Å²) >= 11 is 0. The van der Waals surface area contributed by atoms with Gasteiger partial charge in [-0.15, -0.1) is 0 Å². The molecule has 2 saturated heterocycles. The van der Waals surface area contributed by atoms with Crippen LogP contribution in [-0.2, 0) is 16.0 Å². The van der Waals surface area contributed by atoms with E-state index in [0.29, 0.717) is 18.3 Å². The minimum Gasteiger partial charge on any atom is -0.341 e. The monoisotopic (exact) mass is 372 g/mol. The molecule has 27 heavy (non-hydrogen) atoms. The predicted octanol–water partition coefficient (Wildman–Crippen LogP) is 3.26. The summed E-state index contributed by atoms with van der Waals surface area (Å²) in [7, 11) is 0. The van der Waals surface area contributed by atoms with E-state index in [1.54, 1.807) is 4.90 Å². The highest BCUT2D eigenvalue weighted by Crippen LogP contribution is 2.50. The molecular formula is C22H29FN2O2. The third kappa shape index (κ3) is 4.17. The smallest absolute Gasteiger partial charge is 0.242 e. The Morgan fingerprint density at radius 3 is 2.44 bits per heavy atom. The van der Waals surface area contributed by atoms with Gasteiger partial charge in [-0.25, -0.2) is 4.39 Å². The fraction of sp³-hybridized carbons (Fsp3) is 0.636. The molecule has 0 aromatic heterocycles. The molecule has 1 atom stereocenters. The average molecular weight is 372 g/mol. The number of benzene rings is 1. The Kier molecular flexibility index (Phi) is 4.95. The number of hydrogen-bond donors (Lipinski definition) is 0. The first-order valence-electron chi connectivity index (χ1n) is 10.2. The van der Waals surface area contributed by atoms with Gasteiger partial charge in [0.25, 0.3) is 0 Å². The van der Waals surface area contributed by atoms with Crippen LogP contribution in [-0.4, -0.2) is 47.8 Å². The molecule has 146 valence electrons. The van der Waals surface area contributed by atoms with E-state index in [-0.39, 0.29) is 29.6 Å². The van der Waals surface area contributed by atoms with Crippen molar-refractivity contribution in [1.29, 1.82) is 0 Å². The molecule has 4 nitrogen and oxygen atoms in total. The SMILES string of the molecule is C[C@@]1(C2CC2)CC(=O)N(CC(=O)N2CCC(Cc3ccc(F)cc3)CC2)C1. The summed E-state index contributed by atoms with van der Waals surface area (Å²) in [5.41, 5.74) is 1.24.